The van der Waals surface area contributed by atoms with E-state index in [0.29, 0.717) is 6.42 Å². The third-order valence-electron chi connectivity index (χ3n) is 3.68. The standard InChI is InChI=1S/C13H10N2O4/c16-14(17)10-1-3-12-8(6-10)5-9-7-11(15(18)19)2-4-13(9)12/h1-4,6-8,12H,5H2/t8-,12+/m1/s1. The van der Waals surface area contributed by atoms with Crippen molar-refractivity contribution in [2.75, 3.05) is 0 Å². The van der Waals surface area contributed by atoms with Crippen LogP contribution in [0.25, 0.3) is 0 Å². The molecule has 1 aromatic carbocycles. The molecule has 0 amide bonds. The van der Waals surface area contributed by atoms with Crippen molar-refractivity contribution in [2.45, 2.75) is 12.3 Å². The lowest BCUT2D eigenvalue weighted by Crippen LogP contribution is -2.10. The van der Waals surface area contributed by atoms with E-state index in [0.717, 1.165) is 11.1 Å². The molecule has 3 rings (SSSR count). The van der Waals surface area contributed by atoms with Gasteiger partial charge in [0.05, 0.1) is 9.85 Å². The minimum atomic E-state index is -0.420. The van der Waals surface area contributed by atoms with Gasteiger partial charge in [0.2, 0.25) is 0 Å². The average molecular weight is 258 g/mol. The molecule has 0 saturated heterocycles. The first kappa shape index (κ1) is 11.6. The fourth-order valence-corrected chi connectivity index (χ4v) is 2.83. The quantitative estimate of drug-likeness (QED) is 0.602. The number of nitrogens with zero attached hydrogens (tertiary/aromatic N) is 2. The van der Waals surface area contributed by atoms with Gasteiger partial charge >= 0.3 is 0 Å². The van der Waals surface area contributed by atoms with Gasteiger partial charge in [0.25, 0.3) is 11.4 Å². The summed E-state index contributed by atoms with van der Waals surface area (Å²) in [7, 11) is 0. The minimum absolute atomic E-state index is 0.0300. The van der Waals surface area contributed by atoms with Crippen molar-refractivity contribution < 1.29 is 9.85 Å². The Bertz CT molecular complexity index is 648. The first-order valence-corrected chi connectivity index (χ1v) is 5.88. The molecule has 0 saturated carbocycles. The summed E-state index contributed by atoms with van der Waals surface area (Å²) in [6, 6.07) is 4.82. The van der Waals surface area contributed by atoms with Gasteiger partial charge < -0.3 is 0 Å². The van der Waals surface area contributed by atoms with E-state index in [1.807, 2.05) is 6.08 Å². The maximum atomic E-state index is 10.8. The Balaban J connectivity index is 1.98. The predicted molar refractivity (Wildman–Crippen MR) is 67.2 cm³/mol. The van der Waals surface area contributed by atoms with Crippen LogP contribution in [0, 0.1) is 26.1 Å². The summed E-state index contributed by atoms with van der Waals surface area (Å²) in [5, 5.41) is 21.5. The zero-order valence-electron chi connectivity index (χ0n) is 9.85. The highest BCUT2D eigenvalue weighted by Crippen LogP contribution is 2.43. The second kappa shape index (κ2) is 4.01. The average Bonchev–Trinajstić information content (AvgIpc) is 2.74. The van der Waals surface area contributed by atoms with Crippen LogP contribution in [0.1, 0.15) is 17.0 Å². The Morgan fingerprint density at radius 1 is 1.16 bits per heavy atom. The highest BCUT2D eigenvalue weighted by atomic mass is 16.6. The maximum Gasteiger partial charge on any atom is 0.269 e. The van der Waals surface area contributed by atoms with Gasteiger partial charge in [0.15, 0.2) is 0 Å². The maximum absolute atomic E-state index is 10.8. The van der Waals surface area contributed by atoms with E-state index < -0.39 is 9.85 Å². The van der Waals surface area contributed by atoms with Gasteiger partial charge in [-0.05, 0) is 29.5 Å². The van der Waals surface area contributed by atoms with Gasteiger partial charge in [-0.1, -0.05) is 12.1 Å². The zero-order chi connectivity index (χ0) is 13.6. The molecule has 2 aliphatic rings. The molecule has 19 heavy (non-hydrogen) atoms. The van der Waals surface area contributed by atoms with Crippen molar-refractivity contribution in [1.29, 1.82) is 0 Å². The highest BCUT2D eigenvalue weighted by Gasteiger charge is 2.34. The van der Waals surface area contributed by atoms with Gasteiger partial charge in [0, 0.05) is 24.1 Å². The van der Waals surface area contributed by atoms with Crippen LogP contribution >= 0.6 is 0 Å². The number of hydrogen-bond acceptors (Lipinski definition) is 4. The van der Waals surface area contributed by atoms with Gasteiger partial charge in [-0.15, -0.1) is 0 Å². The first-order chi connectivity index (χ1) is 9.06. The number of nitro benzene ring substituents is 1. The molecule has 96 valence electrons. The van der Waals surface area contributed by atoms with Crippen molar-refractivity contribution in [3.8, 4) is 0 Å². The highest BCUT2D eigenvalue weighted by molar-refractivity contribution is 5.49. The van der Waals surface area contributed by atoms with E-state index in [1.54, 1.807) is 18.2 Å². The molecule has 0 bridgehead atoms. The molecule has 0 aromatic heterocycles. The Morgan fingerprint density at radius 2 is 1.95 bits per heavy atom. The van der Waals surface area contributed by atoms with E-state index in [1.165, 1.54) is 12.1 Å². The molecule has 6 heteroatoms. The van der Waals surface area contributed by atoms with Gasteiger partial charge in [-0.3, -0.25) is 20.2 Å². The molecule has 2 atom stereocenters. The van der Waals surface area contributed by atoms with Crippen molar-refractivity contribution in [1.82, 2.24) is 0 Å². The zero-order valence-corrected chi connectivity index (χ0v) is 9.85. The Morgan fingerprint density at radius 3 is 2.63 bits per heavy atom. The summed E-state index contributed by atoms with van der Waals surface area (Å²) in [6.45, 7) is 0. The number of benzene rings is 1. The predicted octanol–water partition coefficient (Wildman–Crippen LogP) is 2.58. The number of non-ortho nitro benzene ring substituents is 1. The van der Waals surface area contributed by atoms with Crippen molar-refractivity contribution >= 4 is 5.69 Å². The monoisotopic (exact) mass is 258 g/mol. The van der Waals surface area contributed by atoms with Crippen molar-refractivity contribution in [3.63, 3.8) is 0 Å². The normalized spacial score (nSPS) is 23.5. The van der Waals surface area contributed by atoms with Crippen LogP contribution in [0.2, 0.25) is 0 Å². The smallest absolute Gasteiger partial charge is 0.258 e. The third kappa shape index (κ3) is 1.81. The van der Waals surface area contributed by atoms with Crippen LogP contribution < -0.4 is 0 Å². The molecule has 0 heterocycles. The SMILES string of the molecule is O=[N+]([O-])C1=C[C@H]2Cc3cc([N+](=O)[O-])ccc3[C@H]2C=C1. The van der Waals surface area contributed by atoms with Gasteiger partial charge in [-0.2, -0.15) is 0 Å². The van der Waals surface area contributed by atoms with Crippen molar-refractivity contribution in [3.05, 3.63) is 73.5 Å². The van der Waals surface area contributed by atoms with Gasteiger partial charge in [0.1, 0.15) is 0 Å². The van der Waals surface area contributed by atoms with Crippen molar-refractivity contribution in [2.24, 2.45) is 5.92 Å². The molecule has 6 nitrogen and oxygen atoms in total. The summed E-state index contributed by atoms with van der Waals surface area (Å²) in [5.74, 6) is 0.127. The lowest BCUT2D eigenvalue weighted by molar-refractivity contribution is -0.419. The summed E-state index contributed by atoms with van der Waals surface area (Å²) >= 11 is 0. The van der Waals surface area contributed by atoms with E-state index >= 15 is 0 Å². The molecular formula is C13H10N2O4. The molecule has 0 radical (unpaired) electrons. The van der Waals surface area contributed by atoms with Crippen LogP contribution in [-0.2, 0) is 6.42 Å². The van der Waals surface area contributed by atoms with E-state index in [-0.39, 0.29) is 23.2 Å². The second-order valence-electron chi connectivity index (χ2n) is 4.74. The topological polar surface area (TPSA) is 86.3 Å². The summed E-state index contributed by atoms with van der Waals surface area (Å²) in [4.78, 5) is 20.7. The third-order valence-corrected chi connectivity index (χ3v) is 3.68. The van der Waals surface area contributed by atoms with E-state index in [4.69, 9.17) is 0 Å². The Kier molecular flexibility index (Phi) is 2.45. The Hall–Kier alpha value is -2.50. The summed E-state index contributed by atoms with van der Waals surface area (Å²) < 4.78 is 0. The largest absolute Gasteiger partial charge is 0.269 e. The number of fused-ring (bicyclic) bond motifs is 3. The minimum Gasteiger partial charge on any atom is -0.258 e. The molecule has 0 aliphatic heterocycles. The number of hydrogen-bond donors (Lipinski definition) is 0. The van der Waals surface area contributed by atoms with Crippen LogP contribution in [0.15, 0.2) is 42.1 Å². The fraction of sp³-hybridized carbons (Fsp3) is 0.231. The molecule has 2 aliphatic carbocycles. The molecule has 1 aromatic rings. The molecule has 0 fully saturated rings. The van der Waals surface area contributed by atoms with Crippen LogP contribution in [0.4, 0.5) is 5.69 Å². The fourth-order valence-electron chi connectivity index (χ4n) is 2.83. The van der Waals surface area contributed by atoms with E-state index in [2.05, 4.69) is 0 Å². The summed E-state index contributed by atoms with van der Waals surface area (Å²) in [6.07, 6.45) is 5.60. The Labute approximate surface area is 108 Å². The summed E-state index contributed by atoms with van der Waals surface area (Å²) in [5.41, 5.74) is 2.11. The molecule has 0 unspecified atom stereocenters. The second-order valence-corrected chi connectivity index (χ2v) is 4.74. The molecule has 0 spiro atoms. The first-order valence-electron chi connectivity index (χ1n) is 5.88. The van der Waals surface area contributed by atoms with E-state index in [9.17, 15) is 20.2 Å². The molecule has 0 N–H and O–H groups in total. The lowest BCUT2D eigenvalue weighted by atomic mass is 9.88. The molecular weight excluding hydrogens is 248 g/mol. The number of allylic oxidation sites excluding steroid dienone is 3. The van der Waals surface area contributed by atoms with Crippen LogP contribution in [0.5, 0.6) is 0 Å². The van der Waals surface area contributed by atoms with Gasteiger partial charge in [-0.25, -0.2) is 0 Å². The lowest BCUT2D eigenvalue weighted by Gasteiger charge is -2.15. The number of nitro groups is 2. The van der Waals surface area contributed by atoms with Crippen LogP contribution in [-0.4, -0.2) is 9.85 Å². The number of rotatable bonds is 2. The van der Waals surface area contributed by atoms with Crippen LogP contribution in [0.3, 0.4) is 0 Å².